The summed E-state index contributed by atoms with van der Waals surface area (Å²) in [6.07, 6.45) is 9.03. The maximum atomic E-state index is 11.8. The van der Waals surface area contributed by atoms with Gasteiger partial charge in [0.2, 0.25) is 0 Å². The Balaban J connectivity index is 2.24. The molecule has 23 heavy (non-hydrogen) atoms. The van der Waals surface area contributed by atoms with Crippen LogP contribution in [0.4, 0.5) is 0 Å². The van der Waals surface area contributed by atoms with E-state index in [4.69, 9.17) is 4.43 Å². The van der Waals surface area contributed by atoms with Crippen LogP contribution >= 0.6 is 15.9 Å². The van der Waals surface area contributed by atoms with E-state index in [0.29, 0.717) is 18.1 Å². The van der Waals surface area contributed by atoms with Crippen molar-refractivity contribution in [2.75, 3.05) is 6.61 Å². The highest BCUT2D eigenvalue weighted by Crippen LogP contribution is 2.36. The SMILES string of the molecule is C[C@H]1C=C(C/C(Br)=C/CCCCO[Si](C)(C)C(C)(C)C)C(=O)C1. The van der Waals surface area contributed by atoms with Crippen LogP contribution in [-0.2, 0) is 9.22 Å². The Hall–Kier alpha value is -0.193. The summed E-state index contributed by atoms with van der Waals surface area (Å²) >= 11 is 3.61. The predicted octanol–water partition coefficient (Wildman–Crippen LogP) is 6.38. The van der Waals surface area contributed by atoms with Gasteiger partial charge in [0.15, 0.2) is 14.1 Å². The number of carbonyl (C=O) groups excluding carboxylic acids is 1. The fourth-order valence-electron chi connectivity index (χ4n) is 2.38. The second-order valence-electron chi connectivity index (χ2n) is 8.23. The van der Waals surface area contributed by atoms with Crippen LogP contribution in [0.5, 0.6) is 0 Å². The summed E-state index contributed by atoms with van der Waals surface area (Å²) in [4.78, 5) is 11.8. The Labute approximate surface area is 152 Å². The molecular weight excluding hydrogens is 368 g/mol. The van der Waals surface area contributed by atoms with E-state index in [1.54, 1.807) is 0 Å². The van der Waals surface area contributed by atoms with Crippen LogP contribution in [0.3, 0.4) is 0 Å². The first-order valence-corrected chi connectivity index (χ1v) is 12.5. The lowest BCUT2D eigenvalue weighted by Crippen LogP contribution is -2.40. The molecule has 0 amide bonds. The van der Waals surface area contributed by atoms with E-state index < -0.39 is 8.32 Å². The van der Waals surface area contributed by atoms with Crippen LogP contribution in [0.15, 0.2) is 22.2 Å². The molecule has 1 aliphatic carbocycles. The highest BCUT2D eigenvalue weighted by molar-refractivity contribution is 9.11. The number of halogens is 1. The molecule has 0 saturated heterocycles. The maximum Gasteiger partial charge on any atom is 0.191 e. The van der Waals surface area contributed by atoms with Gasteiger partial charge in [-0.05, 0) is 53.4 Å². The zero-order valence-electron chi connectivity index (χ0n) is 15.7. The fourth-order valence-corrected chi connectivity index (χ4v) is 4.00. The first kappa shape index (κ1) is 20.9. The number of unbranched alkanes of at least 4 members (excludes halogenated alkanes) is 2. The molecule has 0 spiro atoms. The van der Waals surface area contributed by atoms with Crippen LogP contribution in [0.2, 0.25) is 18.1 Å². The quantitative estimate of drug-likeness (QED) is 0.348. The number of hydrogen-bond donors (Lipinski definition) is 0. The molecule has 0 N–H and O–H groups in total. The molecule has 1 atom stereocenters. The first-order chi connectivity index (χ1) is 10.5. The third-order valence-electron chi connectivity index (χ3n) is 4.94. The third-order valence-corrected chi connectivity index (χ3v) is 10.1. The molecule has 0 saturated carbocycles. The molecule has 4 heteroatoms. The van der Waals surface area contributed by atoms with Gasteiger partial charge in [0.25, 0.3) is 0 Å². The van der Waals surface area contributed by atoms with Gasteiger partial charge in [-0.2, -0.15) is 0 Å². The molecule has 0 aromatic heterocycles. The Morgan fingerprint density at radius 1 is 1.39 bits per heavy atom. The van der Waals surface area contributed by atoms with Gasteiger partial charge in [-0.15, -0.1) is 0 Å². The van der Waals surface area contributed by atoms with Crippen molar-refractivity contribution in [1.29, 1.82) is 0 Å². The van der Waals surface area contributed by atoms with Gasteiger partial charge in [0.05, 0.1) is 0 Å². The van der Waals surface area contributed by atoms with Crippen LogP contribution in [0.1, 0.15) is 59.8 Å². The number of hydrogen-bond acceptors (Lipinski definition) is 2. The smallest absolute Gasteiger partial charge is 0.191 e. The van der Waals surface area contributed by atoms with Crippen molar-refractivity contribution in [1.82, 2.24) is 0 Å². The molecule has 0 heterocycles. The summed E-state index contributed by atoms with van der Waals surface area (Å²) in [6, 6.07) is 0. The van der Waals surface area contributed by atoms with E-state index in [-0.39, 0.29) is 5.04 Å². The van der Waals surface area contributed by atoms with Gasteiger partial charge in [0.1, 0.15) is 0 Å². The molecule has 2 nitrogen and oxygen atoms in total. The minimum atomic E-state index is -1.60. The van der Waals surface area contributed by atoms with E-state index in [2.05, 4.69) is 68.9 Å². The third kappa shape index (κ3) is 7.06. The Morgan fingerprint density at radius 3 is 2.57 bits per heavy atom. The van der Waals surface area contributed by atoms with Gasteiger partial charge < -0.3 is 4.43 Å². The van der Waals surface area contributed by atoms with Crippen molar-refractivity contribution in [2.45, 2.75) is 77.9 Å². The van der Waals surface area contributed by atoms with Crippen molar-refractivity contribution in [2.24, 2.45) is 5.92 Å². The molecular formula is C19H33BrO2Si. The van der Waals surface area contributed by atoms with Crippen molar-refractivity contribution in [3.8, 4) is 0 Å². The summed E-state index contributed by atoms with van der Waals surface area (Å²) in [5, 5.41) is 0.286. The molecule has 0 fully saturated rings. The highest BCUT2D eigenvalue weighted by atomic mass is 79.9. The summed E-state index contributed by atoms with van der Waals surface area (Å²) < 4.78 is 7.32. The Kier molecular flexibility index (Phi) is 7.95. The highest BCUT2D eigenvalue weighted by Gasteiger charge is 2.36. The first-order valence-electron chi connectivity index (χ1n) is 8.75. The van der Waals surface area contributed by atoms with Crippen molar-refractivity contribution in [3.63, 3.8) is 0 Å². The number of ketones is 1. The van der Waals surface area contributed by atoms with E-state index in [0.717, 1.165) is 42.3 Å². The standard InChI is InChI=1S/C19H33BrO2Si/c1-15-12-16(18(21)13-15)14-17(20)10-8-7-9-11-22-23(5,6)19(2,3)4/h10,12,15H,7-9,11,13-14H2,1-6H3/b17-10-/t15-/m0/s1. The Morgan fingerprint density at radius 2 is 2.04 bits per heavy atom. The average Bonchev–Trinajstić information content (AvgIpc) is 2.70. The van der Waals surface area contributed by atoms with Gasteiger partial charge >= 0.3 is 0 Å². The van der Waals surface area contributed by atoms with Gasteiger partial charge in [0, 0.05) is 19.4 Å². The van der Waals surface area contributed by atoms with Gasteiger partial charge in [-0.3, -0.25) is 4.79 Å². The molecule has 1 rings (SSSR count). The van der Waals surface area contributed by atoms with Crippen LogP contribution in [0, 0.1) is 5.92 Å². The summed E-state index contributed by atoms with van der Waals surface area (Å²) in [7, 11) is -1.60. The summed E-state index contributed by atoms with van der Waals surface area (Å²) in [6.45, 7) is 14.4. The second-order valence-corrected chi connectivity index (χ2v) is 14.1. The molecule has 132 valence electrons. The van der Waals surface area contributed by atoms with Crippen molar-refractivity contribution < 1.29 is 9.22 Å². The van der Waals surface area contributed by atoms with E-state index >= 15 is 0 Å². The maximum absolute atomic E-state index is 11.8. The lowest BCUT2D eigenvalue weighted by molar-refractivity contribution is -0.115. The number of carbonyl (C=O) groups is 1. The minimum absolute atomic E-state index is 0.286. The van der Waals surface area contributed by atoms with E-state index in [1.165, 1.54) is 0 Å². The summed E-state index contributed by atoms with van der Waals surface area (Å²) in [5.74, 6) is 0.718. The number of rotatable bonds is 8. The normalized spacial score (nSPS) is 20.1. The average molecular weight is 401 g/mol. The number of allylic oxidation sites excluding steroid dienone is 4. The zero-order chi connectivity index (χ0) is 17.7. The zero-order valence-corrected chi connectivity index (χ0v) is 18.3. The molecule has 0 aliphatic heterocycles. The number of Topliss-reactive ketones (excluding diaryl/α,β-unsaturated/α-hetero) is 1. The van der Waals surface area contributed by atoms with E-state index in [1.807, 2.05) is 0 Å². The van der Waals surface area contributed by atoms with Crippen LogP contribution in [-0.4, -0.2) is 20.7 Å². The fraction of sp³-hybridized carbons (Fsp3) is 0.737. The van der Waals surface area contributed by atoms with Gasteiger partial charge in [-0.25, -0.2) is 0 Å². The van der Waals surface area contributed by atoms with Crippen molar-refractivity contribution in [3.05, 3.63) is 22.2 Å². The van der Waals surface area contributed by atoms with Crippen LogP contribution in [0.25, 0.3) is 0 Å². The molecule has 0 radical (unpaired) electrons. The predicted molar refractivity (Wildman–Crippen MR) is 105 cm³/mol. The lowest BCUT2D eigenvalue weighted by atomic mass is 10.1. The van der Waals surface area contributed by atoms with Crippen molar-refractivity contribution >= 4 is 30.0 Å². The Bertz CT molecular complexity index is 472. The molecule has 0 aromatic carbocycles. The molecule has 0 unspecified atom stereocenters. The topological polar surface area (TPSA) is 26.3 Å². The largest absolute Gasteiger partial charge is 0.417 e. The minimum Gasteiger partial charge on any atom is -0.417 e. The monoisotopic (exact) mass is 400 g/mol. The van der Waals surface area contributed by atoms with Gasteiger partial charge in [-0.1, -0.05) is 55.8 Å². The lowest BCUT2D eigenvalue weighted by Gasteiger charge is -2.36. The van der Waals surface area contributed by atoms with E-state index in [9.17, 15) is 4.79 Å². The molecule has 0 aromatic rings. The molecule has 1 aliphatic rings. The second kappa shape index (κ2) is 8.77. The van der Waals surface area contributed by atoms with Crippen LogP contribution < -0.4 is 0 Å². The molecule has 0 bridgehead atoms. The summed E-state index contributed by atoms with van der Waals surface area (Å²) in [5.41, 5.74) is 0.974.